The minimum atomic E-state index is -3.33. The van der Waals surface area contributed by atoms with Gasteiger partial charge in [0.2, 0.25) is 10.0 Å². The first kappa shape index (κ1) is 14.6. The highest BCUT2D eigenvalue weighted by molar-refractivity contribution is 7.88. The summed E-state index contributed by atoms with van der Waals surface area (Å²) in [7, 11) is -1.74. The number of hydrogen-bond donors (Lipinski definition) is 1. The van der Waals surface area contributed by atoms with Crippen molar-refractivity contribution in [1.29, 1.82) is 0 Å². The predicted octanol–water partition coefficient (Wildman–Crippen LogP) is 2.23. The molecule has 5 heteroatoms. The standard InChI is InChI=1S/C15H18N2O2S/c1-17(11-13-5-3-2-4-6-13)20(18,19)12-14-7-9-15(16)10-8-14/h2-10H,11-12,16H2,1H3. The fourth-order valence-corrected chi connectivity index (χ4v) is 3.05. The fraction of sp³-hybridized carbons (Fsp3) is 0.200. The molecule has 2 rings (SSSR count). The molecule has 0 spiro atoms. The van der Waals surface area contributed by atoms with Gasteiger partial charge in [-0.2, -0.15) is 0 Å². The summed E-state index contributed by atoms with van der Waals surface area (Å²) in [5.41, 5.74) is 7.92. The second-order valence-corrected chi connectivity index (χ2v) is 6.82. The van der Waals surface area contributed by atoms with Gasteiger partial charge in [0.15, 0.2) is 0 Å². The molecular weight excluding hydrogens is 272 g/mol. The lowest BCUT2D eigenvalue weighted by Gasteiger charge is -2.17. The van der Waals surface area contributed by atoms with E-state index in [4.69, 9.17) is 5.73 Å². The van der Waals surface area contributed by atoms with Crippen LogP contribution in [0.3, 0.4) is 0 Å². The van der Waals surface area contributed by atoms with Crippen molar-refractivity contribution < 1.29 is 8.42 Å². The van der Waals surface area contributed by atoms with E-state index in [1.54, 1.807) is 31.3 Å². The molecule has 0 aliphatic heterocycles. The monoisotopic (exact) mass is 290 g/mol. The van der Waals surface area contributed by atoms with Crippen LogP contribution in [0.25, 0.3) is 0 Å². The second-order valence-electron chi connectivity index (χ2n) is 4.74. The van der Waals surface area contributed by atoms with Gasteiger partial charge >= 0.3 is 0 Å². The van der Waals surface area contributed by atoms with Crippen molar-refractivity contribution in [2.24, 2.45) is 0 Å². The van der Waals surface area contributed by atoms with E-state index in [0.29, 0.717) is 12.2 Å². The van der Waals surface area contributed by atoms with Gasteiger partial charge in [0.05, 0.1) is 5.75 Å². The molecule has 0 unspecified atom stereocenters. The molecule has 0 saturated carbocycles. The van der Waals surface area contributed by atoms with Crippen molar-refractivity contribution in [3.05, 3.63) is 65.7 Å². The first-order chi connectivity index (χ1) is 9.47. The highest BCUT2D eigenvalue weighted by Crippen LogP contribution is 2.14. The molecule has 0 aliphatic carbocycles. The largest absolute Gasteiger partial charge is 0.399 e. The van der Waals surface area contributed by atoms with Gasteiger partial charge in [-0.15, -0.1) is 0 Å². The molecule has 0 atom stereocenters. The van der Waals surface area contributed by atoms with Crippen LogP contribution in [0.15, 0.2) is 54.6 Å². The quantitative estimate of drug-likeness (QED) is 0.859. The SMILES string of the molecule is CN(Cc1ccccc1)S(=O)(=O)Cc1ccc(N)cc1. The zero-order valence-electron chi connectivity index (χ0n) is 11.4. The highest BCUT2D eigenvalue weighted by atomic mass is 32.2. The summed E-state index contributed by atoms with van der Waals surface area (Å²) in [5.74, 6) is -0.0172. The van der Waals surface area contributed by atoms with Crippen LogP contribution < -0.4 is 5.73 Å². The molecule has 0 bridgehead atoms. The Hall–Kier alpha value is -1.85. The number of nitrogen functional groups attached to an aromatic ring is 1. The maximum Gasteiger partial charge on any atom is 0.218 e. The Morgan fingerprint density at radius 2 is 1.55 bits per heavy atom. The van der Waals surface area contributed by atoms with Crippen LogP contribution in [0.5, 0.6) is 0 Å². The maximum atomic E-state index is 12.3. The van der Waals surface area contributed by atoms with Crippen molar-refractivity contribution in [1.82, 2.24) is 4.31 Å². The van der Waals surface area contributed by atoms with Crippen LogP contribution in [0.4, 0.5) is 5.69 Å². The minimum absolute atomic E-state index is 0.0172. The van der Waals surface area contributed by atoms with E-state index >= 15 is 0 Å². The molecule has 4 nitrogen and oxygen atoms in total. The molecule has 0 aliphatic rings. The Bertz CT molecular complexity index is 652. The molecule has 0 heterocycles. The topological polar surface area (TPSA) is 63.4 Å². The van der Waals surface area contributed by atoms with Gasteiger partial charge in [-0.1, -0.05) is 42.5 Å². The van der Waals surface area contributed by atoms with E-state index in [-0.39, 0.29) is 5.75 Å². The van der Waals surface area contributed by atoms with Crippen molar-refractivity contribution in [2.45, 2.75) is 12.3 Å². The van der Waals surface area contributed by atoms with Crippen LogP contribution in [0, 0.1) is 0 Å². The van der Waals surface area contributed by atoms with E-state index in [1.807, 2.05) is 30.3 Å². The molecule has 106 valence electrons. The molecule has 0 amide bonds. The zero-order valence-corrected chi connectivity index (χ0v) is 12.2. The van der Waals surface area contributed by atoms with Gasteiger partial charge in [0.25, 0.3) is 0 Å². The minimum Gasteiger partial charge on any atom is -0.399 e. The van der Waals surface area contributed by atoms with Crippen molar-refractivity contribution >= 4 is 15.7 Å². The summed E-state index contributed by atoms with van der Waals surface area (Å²) in [4.78, 5) is 0. The lowest BCUT2D eigenvalue weighted by atomic mass is 10.2. The third kappa shape index (κ3) is 3.82. The smallest absolute Gasteiger partial charge is 0.218 e. The highest BCUT2D eigenvalue weighted by Gasteiger charge is 2.18. The molecule has 2 aromatic carbocycles. The van der Waals surface area contributed by atoms with Crippen molar-refractivity contribution in [3.63, 3.8) is 0 Å². The van der Waals surface area contributed by atoms with Gasteiger partial charge in [0.1, 0.15) is 0 Å². The molecule has 2 N–H and O–H groups in total. The van der Waals surface area contributed by atoms with Gasteiger partial charge < -0.3 is 5.73 Å². The number of nitrogens with two attached hydrogens (primary N) is 1. The van der Waals surface area contributed by atoms with Crippen LogP contribution >= 0.6 is 0 Å². The molecular formula is C15H18N2O2S. The summed E-state index contributed by atoms with van der Waals surface area (Å²) in [5, 5.41) is 0. The van der Waals surface area contributed by atoms with Gasteiger partial charge in [-0.25, -0.2) is 12.7 Å². The average molecular weight is 290 g/mol. The Morgan fingerprint density at radius 1 is 0.950 bits per heavy atom. The number of hydrogen-bond acceptors (Lipinski definition) is 3. The van der Waals surface area contributed by atoms with Gasteiger partial charge in [0, 0.05) is 19.3 Å². The number of anilines is 1. The Labute approximate surface area is 119 Å². The van der Waals surface area contributed by atoms with E-state index in [0.717, 1.165) is 11.1 Å². The number of rotatable bonds is 5. The summed E-state index contributed by atoms with van der Waals surface area (Å²) in [6.45, 7) is 0.373. The maximum absolute atomic E-state index is 12.3. The second kappa shape index (κ2) is 6.07. The lowest BCUT2D eigenvalue weighted by Crippen LogP contribution is -2.27. The third-order valence-electron chi connectivity index (χ3n) is 3.05. The molecule has 2 aromatic rings. The number of sulfonamides is 1. The van der Waals surface area contributed by atoms with Gasteiger partial charge in [-0.3, -0.25) is 0 Å². The molecule has 0 saturated heterocycles. The summed E-state index contributed by atoms with van der Waals surface area (Å²) in [6, 6.07) is 16.4. The van der Waals surface area contributed by atoms with E-state index in [2.05, 4.69) is 0 Å². The van der Waals surface area contributed by atoms with E-state index < -0.39 is 10.0 Å². The summed E-state index contributed by atoms with van der Waals surface area (Å²) >= 11 is 0. The summed E-state index contributed by atoms with van der Waals surface area (Å²) in [6.07, 6.45) is 0. The Kier molecular flexibility index (Phi) is 4.42. The average Bonchev–Trinajstić information content (AvgIpc) is 2.42. The fourth-order valence-electron chi connectivity index (χ4n) is 1.87. The van der Waals surface area contributed by atoms with Crippen molar-refractivity contribution in [3.8, 4) is 0 Å². The Balaban J connectivity index is 2.08. The van der Waals surface area contributed by atoms with Crippen LogP contribution in [0.2, 0.25) is 0 Å². The number of nitrogens with zero attached hydrogens (tertiary/aromatic N) is 1. The third-order valence-corrected chi connectivity index (χ3v) is 4.83. The molecule has 0 radical (unpaired) electrons. The van der Waals surface area contributed by atoms with Crippen molar-refractivity contribution in [2.75, 3.05) is 12.8 Å². The van der Waals surface area contributed by atoms with E-state index in [1.165, 1.54) is 4.31 Å². The van der Waals surface area contributed by atoms with Crippen LogP contribution in [-0.4, -0.2) is 19.8 Å². The zero-order chi connectivity index (χ0) is 14.6. The Morgan fingerprint density at radius 3 is 2.15 bits per heavy atom. The lowest BCUT2D eigenvalue weighted by molar-refractivity contribution is 0.466. The number of benzene rings is 2. The van der Waals surface area contributed by atoms with Crippen LogP contribution in [0.1, 0.15) is 11.1 Å². The molecule has 0 aromatic heterocycles. The molecule has 0 fully saturated rings. The van der Waals surface area contributed by atoms with Gasteiger partial charge in [-0.05, 0) is 23.3 Å². The molecule has 20 heavy (non-hydrogen) atoms. The first-order valence-corrected chi connectivity index (χ1v) is 7.91. The first-order valence-electron chi connectivity index (χ1n) is 6.30. The predicted molar refractivity (Wildman–Crippen MR) is 81.4 cm³/mol. The summed E-state index contributed by atoms with van der Waals surface area (Å²) < 4.78 is 25.9. The normalized spacial score (nSPS) is 11.7. The van der Waals surface area contributed by atoms with Crippen LogP contribution in [-0.2, 0) is 22.3 Å². The van der Waals surface area contributed by atoms with E-state index in [9.17, 15) is 8.42 Å².